The molecule has 4 heteroatoms. The molecule has 2 aromatic rings. The monoisotopic (exact) mass is 297 g/mol. The number of ether oxygens (including phenoxy) is 2. The van der Waals surface area contributed by atoms with Crippen LogP contribution in [0.5, 0.6) is 5.75 Å². The molecule has 1 aliphatic heterocycles. The summed E-state index contributed by atoms with van der Waals surface area (Å²) in [7, 11) is 3.29. The first-order chi connectivity index (χ1) is 10.7. The molecular weight excluding hydrogens is 278 g/mol. The Bertz CT molecular complexity index is 654. The first-order valence-corrected chi connectivity index (χ1v) is 7.23. The van der Waals surface area contributed by atoms with Crippen LogP contribution >= 0.6 is 0 Å². The van der Waals surface area contributed by atoms with Gasteiger partial charge in [-0.05, 0) is 23.3 Å². The minimum absolute atomic E-state index is 0.00785. The summed E-state index contributed by atoms with van der Waals surface area (Å²) in [6, 6.07) is 17.4. The van der Waals surface area contributed by atoms with E-state index in [0.29, 0.717) is 6.42 Å². The Morgan fingerprint density at radius 3 is 2.32 bits per heavy atom. The highest BCUT2D eigenvalue weighted by Crippen LogP contribution is 2.45. The normalized spacial score (nSPS) is 24.1. The molecule has 1 heterocycles. The van der Waals surface area contributed by atoms with Crippen molar-refractivity contribution in [3.05, 3.63) is 65.7 Å². The number of methoxy groups -OCH3 is 2. The van der Waals surface area contributed by atoms with Gasteiger partial charge in [-0.2, -0.15) is 0 Å². The molecule has 2 aromatic carbocycles. The van der Waals surface area contributed by atoms with Crippen LogP contribution in [0.25, 0.3) is 0 Å². The van der Waals surface area contributed by atoms with Crippen molar-refractivity contribution in [1.82, 2.24) is 5.32 Å². The summed E-state index contributed by atoms with van der Waals surface area (Å²) >= 11 is 0. The van der Waals surface area contributed by atoms with E-state index in [0.717, 1.165) is 16.9 Å². The Morgan fingerprint density at radius 2 is 1.73 bits per heavy atom. The van der Waals surface area contributed by atoms with Crippen LogP contribution in [-0.4, -0.2) is 20.1 Å². The quantitative estimate of drug-likeness (QED) is 0.944. The van der Waals surface area contributed by atoms with Crippen LogP contribution in [0, 0.1) is 0 Å². The van der Waals surface area contributed by atoms with Crippen molar-refractivity contribution in [3.8, 4) is 5.75 Å². The van der Waals surface area contributed by atoms with Crippen molar-refractivity contribution in [2.75, 3.05) is 14.2 Å². The molecule has 0 spiro atoms. The van der Waals surface area contributed by atoms with Gasteiger partial charge in [-0.15, -0.1) is 0 Å². The number of benzene rings is 2. The van der Waals surface area contributed by atoms with Gasteiger partial charge in [0.2, 0.25) is 5.91 Å². The van der Waals surface area contributed by atoms with E-state index in [-0.39, 0.29) is 11.9 Å². The maximum atomic E-state index is 12.1. The van der Waals surface area contributed by atoms with Crippen molar-refractivity contribution in [2.24, 2.45) is 0 Å². The highest BCUT2D eigenvalue weighted by Gasteiger charge is 2.49. The molecule has 0 aliphatic carbocycles. The number of carbonyl (C=O) groups is 1. The predicted octanol–water partition coefficient (Wildman–Crippen LogP) is 2.80. The molecule has 0 bridgehead atoms. The molecule has 114 valence electrons. The number of amides is 1. The van der Waals surface area contributed by atoms with Crippen LogP contribution in [-0.2, 0) is 15.1 Å². The van der Waals surface area contributed by atoms with Crippen LogP contribution in [0.15, 0.2) is 54.6 Å². The average Bonchev–Trinajstić information content (AvgIpc) is 2.93. The molecule has 0 unspecified atom stereocenters. The third-order valence-electron chi connectivity index (χ3n) is 4.27. The molecule has 1 aliphatic rings. The maximum Gasteiger partial charge on any atom is 0.223 e. The van der Waals surface area contributed by atoms with Gasteiger partial charge in [0.1, 0.15) is 11.4 Å². The molecule has 1 saturated heterocycles. The zero-order valence-electron chi connectivity index (χ0n) is 12.7. The number of nitrogens with one attached hydrogen (secondary N) is 1. The van der Waals surface area contributed by atoms with Crippen molar-refractivity contribution >= 4 is 5.91 Å². The largest absolute Gasteiger partial charge is 0.497 e. The van der Waals surface area contributed by atoms with E-state index in [1.165, 1.54) is 0 Å². The molecule has 3 rings (SSSR count). The second kappa shape index (κ2) is 5.81. The summed E-state index contributed by atoms with van der Waals surface area (Å²) in [4.78, 5) is 12.1. The molecule has 22 heavy (non-hydrogen) atoms. The van der Waals surface area contributed by atoms with Crippen LogP contribution in [0.3, 0.4) is 0 Å². The van der Waals surface area contributed by atoms with E-state index in [1.54, 1.807) is 14.2 Å². The molecule has 0 radical (unpaired) electrons. The van der Waals surface area contributed by atoms with Gasteiger partial charge in [0.15, 0.2) is 0 Å². The fourth-order valence-electron chi connectivity index (χ4n) is 3.11. The predicted molar refractivity (Wildman–Crippen MR) is 83.6 cm³/mol. The fourth-order valence-corrected chi connectivity index (χ4v) is 3.11. The van der Waals surface area contributed by atoms with Gasteiger partial charge in [-0.3, -0.25) is 4.79 Å². The van der Waals surface area contributed by atoms with Crippen LogP contribution < -0.4 is 10.1 Å². The number of hydrogen-bond donors (Lipinski definition) is 1. The Balaban J connectivity index is 2.05. The number of carbonyl (C=O) groups excluding carboxylic acids is 1. The topological polar surface area (TPSA) is 47.6 Å². The smallest absolute Gasteiger partial charge is 0.223 e. The molecule has 4 nitrogen and oxygen atoms in total. The van der Waals surface area contributed by atoms with Crippen LogP contribution in [0.4, 0.5) is 0 Å². The van der Waals surface area contributed by atoms with E-state index in [2.05, 4.69) is 5.32 Å². The second-order valence-corrected chi connectivity index (χ2v) is 5.41. The van der Waals surface area contributed by atoms with Crippen molar-refractivity contribution in [1.29, 1.82) is 0 Å². The van der Waals surface area contributed by atoms with Crippen molar-refractivity contribution in [2.45, 2.75) is 18.1 Å². The van der Waals surface area contributed by atoms with E-state index in [4.69, 9.17) is 9.47 Å². The third-order valence-corrected chi connectivity index (χ3v) is 4.27. The Morgan fingerprint density at radius 1 is 1.05 bits per heavy atom. The van der Waals surface area contributed by atoms with E-state index in [1.807, 2.05) is 54.6 Å². The van der Waals surface area contributed by atoms with Crippen molar-refractivity contribution in [3.63, 3.8) is 0 Å². The van der Waals surface area contributed by atoms with Gasteiger partial charge < -0.3 is 14.8 Å². The Kier molecular flexibility index (Phi) is 3.86. The molecule has 1 fully saturated rings. The van der Waals surface area contributed by atoms with Gasteiger partial charge in [-0.25, -0.2) is 0 Å². The van der Waals surface area contributed by atoms with Crippen molar-refractivity contribution < 1.29 is 14.3 Å². The minimum atomic E-state index is -0.688. The summed E-state index contributed by atoms with van der Waals surface area (Å²) in [5.74, 6) is 0.780. The van der Waals surface area contributed by atoms with Gasteiger partial charge in [0, 0.05) is 7.11 Å². The lowest BCUT2D eigenvalue weighted by Crippen LogP contribution is -2.35. The van der Waals surface area contributed by atoms with E-state index < -0.39 is 5.60 Å². The molecule has 0 saturated carbocycles. The molecule has 1 N–H and O–H groups in total. The van der Waals surface area contributed by atoms with E-state index in [9.17, 15) is 4.79 Å². The fraction of sp³-hybridized carbons (Fsp3) is 0.278. The maximum absolute atomic E-state index is 12.1. The first-order valence-electron chi connectivity index (χ1n) is 7.23. The lowest BCUT2D eigenvalue weighted by atomic mass is 9.83. The highest BCUT2D eigenvalue weighted by molar-refractivity contribution is 5.81. The summed E-state index contributed by atoms with van der Waals surface area (Å²) in [6.45, 7) is 0. The highest BCUT2D eigenvalue weighted by atomic mass is 16.5. The summed E-state index contributed by atoms with van der Waals surface area (Å²) < 4.78 is 11.1. The number of hydrogen-bond acceptors (Lipinski definition) is 3. The third kappa shape index (κ3) is 2.35. The number of rotatable bonds is 4. The average molecular weight is 297 g/mol. The Labute approximate surface area is 130 Å². The van der Waals surface area contributed by atoms with Crippen LogP contribution in [0.2, 0.25) is 0 Å². The second-order valence-electron chi connectivity index (χ2n) is 5.41. The molecule has 0 aromatic heterocycles. The van der Waals surface area contributed by atoms with Gasteiger partial charge >= 0.3 is 0 Å². The van der Waals surface area contributed by atoms with E-state index >= 15 is 0 Å². The summed E-state index contributed by atoms with van der Waals surface area (Å²) in [5.41, 5.74) is 1.31. The summed E-state index contributed by atoms with van der Waals surface area (Å²) in [5, 5.41) is 3.04. The zero-order chi connectivity index (χ0) is 15.6. The van der Waals surface area contributed by atoms with Gasteiger partial charge in [0.05, 0.1) is 19.6 Å². The standard InChI is InChI=1S/C18H19NO3/c1-21-15-10-8-13(9-11-15)17-18(22-2,12-16(20)19-17)14-6-4-3-5-7-14/h3-11,17H,12H2,1-2H3,(H,19,20)/t17-,18-/m1/s1. The molecule has 1 amide bonds. The minimum Gasteiger partial charge on any atom is -0.497 e. The van der Waals surface area contributed by atoms with Gasteiger partial charge in [-0.1, -0.05) is 42.5 Å². The molecular formula is C18H19NO3. The zero-order valence-corrected chi connectivity index (χ0v) is 12.7. The molecule has 2 atom stereocenters. The Hall–Kier alpha value is -2.33. The first kappa shape index (κ1) is 14.6. The van der Waals surface area contributed by atoms with Crippen LogP contribution in [0.1, 0.15) is 23.6 Å². The van der Waals surface area contributed by atoms with Gasteiger partial charge in [0.25, 0.3) is 0 Å². The SMILES string of the molecule is COc1ccc([C@H]2NC(=O)C[C@@]2(OC)c2ccccc2)cc1. The lowest BCUT2D eigenvalue weighted by Gasteiger charge is -2.33. The summed E-state index contributed by atoms with van der Waals surface area (Å²) in [6.07, 6.45) is 0.310. The lowest BCUT2D eigenvalue weighted by molar-refractivity contribution is -0.121.